The highest BCUT2D eigenvalue weighted by molar-refractivity contribution is 9.11. The molecule has 0 aliphatic carbocycles. The molecule has 0 aliphatic heterocycles. The Labute approximate surface area is 135 Å². The molecule has 0 heterocycles. The second kappa shape index (κ2) is 7.32. The van der Waals surface area contributed by atoms with Gasteiger partial charge in [-0.15, -0.1) is 0 Å². The molecule has 20 heavy (non-hydrogen) atoms. The van der Waals surface area contributed by atoms with Crippen LogP contribution in [0.15, 0.2) is 32.0 Å². The fraction of sp³-hybridized carbons (Fsp3) is 0.400. The Hall–Kier alpha value is -0.000000000000000111. The van der Waals surface area contributed by atoms with E-state index in [0.29, 0.717) is 15.4 Å². The molecule has 0 aliphatic rings. The van der Waals surface area contributed by atoms with Gasteiger partial charge in [-0.05, 0) is 40.5 Å². The summed E-state index contributed by atoms with van der Waals surface area (Å²) in [5.74, 6) is 0. The maximum absolute atomic E-state index is 12.1. The van der Waals surface area contributed by atoms with Crippen LogP contribution in [0.3, 0.4) is 0 Å². The van der Waals surface area contributed by atoms with Crippen molar-refractivity contribution in [3.63, 3.8) is 0 Å². The summed E-state index contributed by atoms with van der Waals surface area (Å²) >= 11 is 6.40. The summed E-state index contributed by atoms with van der Waals surface area (Å²) in [7, 11) is -6.88. The number of rotatable bonds is 7. The van der Waals surface area contributed by atoms with E-state index in [4.69, 9.17) is 0 Å². The van der Waals surface area contributed by atoms with Gasteiger partial charge in [0.15, 0.2) is 0 Å². The van der Waals surface area contributed by atoms with Crippen molar-refractivity contribution in [2.45, 2.75) is 11.3 Å². The van der Waals surface area contributed by atoms with Gasteiger partial charge in [-0.3, -0.25) is 0 Å². The van der Waals surface area contributed by atoms with E-state index < -0.39 is 20.0 Å². The summed E-state index contributed by atoms with van der Waals surface area (Å²) in [6.07, 6.45) is 1.41. The van der Waals surface area contributed by atoms with E-state index in [1.54, 1.807) is 12.1 Å². The lowest BCUT2D eigenvalue weighted by Gasteiger charge is -2.09. The highest BCUT2D eigenvalue weighted by Crippen LogP contribution is 2.25. The molecule has 0 atom stereocenters. The van der Waals surface area contributed by atoms with E-state index in [0.717, 1.165) is 6.26 Å². The maximum atomic E-state index is 12.1. The van der Waals surface area contributed by atoms with Gasteiger partial charge >= 0.3 is 0 Å². The highest BCUT2D eigenvalue weighted by Gasteiger charge is 2.17. The normalized spacial score (nSPS) is 12.6. The van der Waals surface area contributed by atoms with Crippen LogP contribution in [0.5, 0.6) is 0 Å². The predicted octanol–water partition coefficient (Wildman–Crippen LogP) is 1.43. The first-order valence-electron chi connectivity index (χ1n) is 5.51. The van der Waals surface area contributed by atoms with Crippen molar-refractivity contribution in [2.24, 2.45) is 0 Å². The zero-order valence-electron chi connectivity index (χ0n) is 10.6. The van der Waals surface area contributed by atoms with E-state index in [1.807, 2.05) is 0 Å². The Morgan fingerprint density at radius 1 is 1.05 bits per heavy atom. The number of hydrogen-bond acceptors (Lipinski definition) is 4. The number of halogens is 2. The van der Waals surface area contributed by atoms with Crippen molar-refractivity contribution in [3.8, 4) is 0 Å². The third-order valence-corrected chi connectivity index (χ3v) is 5.87. The molecule has 0 radical (unpaired) electrons. The summed E-state index contributed by atoms with van der Waals surface area (Å²) in [6, 6.07) is 4.84. The van der Waals surface area contributed by atoms with Crippen LogP contribution in [0.4, 0.5) is 0 Å². The lowest BCUT2D eigenvalue weighted by Crippen LogP contribution is -2.29. The summed E-state index contributed by atoms with van der Waals surface area (Å²) in [5.41, 5.74) is 0. The van der Waals surface area contributed by atoms with Gasteiger partial charge in [0.05, 0.1) is 11.2 Å². The minimum Gasteiger partial charge on any atom is -0.215 e. The molecule has 0 saturated carbocycles. The second-order valence-electron chi connectivity index (χ2n) is 3.99. The molecule has 0 unspecified atom stereocenters. The molecule has 1 aromatic carbocycles. The maximum Gasteiger partial charge on any atom is 0.241 e. The van der Waals surface area contributed by atoms with Crippen molar-refractivity contribution in [1.29, 1.82) is 0 Å². The molecule has 0 bridgehead atoms. The topological polar surface area (TPSA) is 92.3 Å². The average Bonchev–Trinajstić information content (AvgIpc) is 2.30. The Kier molecular flexibility index (Phi) is 6.61. The molecule has 0 saturated heterocycles. The van der Waals surface area contributed by atoms with Gasteiger partial charge in [-0.2, -0.15) is 0 Å². The molecule has 0 spiro atoms. The van der Waals surface area contributed by atoms with Gasteiger partial charge in [0.1, 0.15) is 0 Å². The lowest BCUT2D eigenvalue weighted by molar-refractivity contribution is 0.574. The van der Waals surface area contributed by atoms with E-state index in [9.17, 15) is 16.8 Å². The highest BCUT2D eigenvalue weighted by atomic mass is 79.9. The van der Waals surface area contributed by atoms with Crippen LogP contribution in [-0.4, -0.2) is 36.2 Å². The fourth-order valence-corrected chi connectivity index (χ4v) is 4.40. The van der Waals surface area contributed by atoms with E-state index >= 15 is 0 Å². The Morgan fingerprint density at radius 2 is 1.65 bits per heavy atom. The van der Waals surface area contributed by atoms with Crippen molar-refractivity contribution < 1.29 is 16.8 Å². The van der Waals surface area contributed by atoms with Crippen LogP contribution in [-0.2, 0) is 20.0 Å². The molecule has 1 aromatic rings. The average molecular weight is 450 g/mol. The molecule has 0 amide bonds. The molecule has 0 aromatic heterocycles. The van der Waals surface area contributed by atoms with Crippen molar-refractivity contribution in [2.75, 3.05) is 19.3 Å². The van der Waals surface area contributed by atoms with E-state index in [1.165, 1.54) is 6.07 Å². The zero-order chi connectivity index (χ0) is 15.4. The quantitative estimate of drug-likeness (QED) is 0.616. The first kappa shape index (κ1) is 18.1. The molecule has 6 nitrogen and oxygen atoms in total. The monoisotopic (exact) mass is 448 g/mol. The first-order valence-corrected chi connectivity index (χ1v) is 10.5. The van der Waals surface area contributed by atoms with Crippen LogP contribution in [0, 0.1) is 0 Å². The molecule has 0 fully saturated rings. The van der Waals surface area contributed by atoms with E-state index in [-0.39, 0.29) is 18.0 Å². The Balaban J connectivity index is 2.60. The molecular weight excluding hydrogens is 436 g/mol. The van der Waals surface area contributed by atoms with Crippen LogP contribution >= 0.6 is 31.9 Å². The minimum absolute atomic E-state index is 0.128. The molecule has 10 heteroatoms. The first-order chi connectivity index (χ1) is 9.12. The molecule has 1 rings (SSSR count). The zero-order valence-corrected chi connectivity index (χ0v) is 15.4. The third kappa shape index (κ3) is 6.19. The van der Waals surface area contributed by atoms with Gasteiger partial charge < -0.3 is 0 Å². The second-order valence-corrected chi connectivity index (χ2v) is 9.33. The number of benzene rings is 1. The van der Waals surface area contributed by atoms with Gasteiger partial charge in [0, 0.05) is 22.0 Å². The van der Waals surface area contributed by atoms with Crippen LogP contribution in [0.2, 0.25) is 0 Å². The summed E-state index contributed by atoms with van der Waals surface area (Å²) in [6.45, 7) is 0.324. The van der Waals surface area contributed by atoms with Crippen LogP contribution < -0.4 is 9.44 Å². The molecule has 114 valence electrons. The summed E-state index contributed by atoms with van der Waals surface area (Å²) in [4.78, 5) is 0.128. The SMILES string of the molecule is CS(=O)(=O)NCCCNS(=O)(=O)c1cc(Br)ccc1Br. The van der Waals surface area contributed by atoms with Crippen LogP contribution in [0.25, 0.3) is 0 Å². The lowest BCUT2D eigenvalue weighted by atomic mass is 10.4. The number of nitrogens with one attached hydrogen (secondary N) is 2. The summed E-state index contributed by atoms with van der Waals surface area (Å²) in [5, 5.41) is 0. The van der Waals surface area contributed by atoms with Crippen LogP contribution in [0.1, 0.15) is 6.42 Å². The number of hydrogen-bond donors (Lipinski definition) is 2. The van der Waals surface area contributed by atoms with Gasteiger partial charge in [0.2, 0.25) is 20.0 Å². The predicted molar refractivity (Wildman–Crippen MR) is 84.5 cm³/mol. The molecule has 2 N–H and O–H groups in total. The van der Waals surface area contributed by atoms with Crippen molar-refractivity contribution in [1.82, 2.24) is 9.44 Å². The van der Waals surface area contributed by atoms with Crippen molar-refractivity contribution in [3.05, 3.63) is 27.1 Å². The van der Waals surface area contributed by atoms with Gasteiger partial charge in [-0.25, -0.2) is 26.3 Å². The van der Waals surface area contributed by atoms with Gasteiger partial charge in [0.25, 0.3) is 0 Å². The number of sulfonamides is 2. The van der Waals surface area contributed by atoms with Crippen molar-refractivity contribution >= 4 is 51.9 Å². The minimum atomic E-state index is -3.63. The third-order valence-electron chi connectivity index (χ3n) is 2.19. The smallest absolute Gasteiger partial charge is 0.215 e. The standard InChI is InChI=1S/C10H14Br2N2O4S2/c1-19(15,16)13-5-2-6-14-20(17,18)10-7-8(11)3-4-9(10)12/h3-4,7,13-14H,2,5-6H2,1H3. The largest absolute Gasteiger partial charge is 0.241 e. The molecular formula is C10H14Br2N2O4S2. The van der Waals surface area contributed by atoms with E-state index in [2.05, 4.69) is 41.3 Å². The fourth-order valence-electron chi connectivity index (χ4n) is 1.31. The Morgan fingerprint density at radius 3 is 2.25 bits per heavy atom. The van der Waals surface area contributed by atoms with Gasteiger partial charge in [-0.1, -0.05) is 15.9 Å². The summed E-state index contributed by atoms with van der Waals surface area (Å²) < 4.78 is 51.6. The Bertz CT molecular complexity index is 674.